The number of carbonyl (C=O) groups excluding carboxylic acids is 4. The lowest BCUT2D eigenvalue weighted by Gasteiger charge is -2.41. The van der Waals surface area contributed by atoms with Crippen molar-refractivity contribution in [3.8, 4) is 0 Å². The summed E-state index contributed by atoms with van der Waals surface area (Å²) in [4.78, 5) is 49.9. The van der Waals surface area contributed by atoms with E-state index >= 15 is 0 Å². The van der Waals surface area contributed by atoms with Crippen molar-refractivity contribution < 1.29 is 38.1 Å². The number of hydrogen-bond acceptors (Lipinski definition) is 8. The van der Waals surface area contributed by atoms with Gasteiger partial charge in [-0.1, -0.05) is 0 Å². The molecule has 0 amide bonds. The van der Waals surface area contributed by atoms with Gasteiger partial charge in [-0.15, -0.1) is 0 Å². The number of fused-ring (bicyclic) bond motifs is 4. The zero-order chi connectivity index (χ0) is 21.7. The average molecular weight is 422 g/mol. The Hall–Kier alpha value is -2.12. The molecule has 9 unspecified atom stereocenters. The van der Waals surface area contributed by atoms with Gasteiger partial charge in [-0.2, -0.15) is 0 Å². The molecule has 0 aliphatic heterocycles. The molecule has 0 aromatic heterocycles. The Morgan fingerprint density at radius 1 is 0.467 bits per heavy atom. The third kappa shape index (κ3) is 2.94. The number of hydrogen-bond donors (Lipinski definition) is 0. The Morgan fingerprint density at radius 2 is 0.733 bits per heavy atom. The summed E-state index contributed by atoms with van der Waals surface area (Å²) in [6.07, 6.45) is 3.26. The molecule has 0 radical (unpaired) electrons. The molecule has 0 aromatic rings. The number of esters is 4. The van der Waals surface area contributed by atoms with E-state index in [2.05, 4.69) is 0 Å². The number of ether oxygens (including phenoxy) is 4. The van der Waals surface area contributed by atoms with Gasteiger partial charge in [0, 0.05) is 0 Å². The van der Waals surface area contributed by atoms with Gasteiger partial charge in [0.2, 0.25) is 0 Å². The van der Waals surface area contributed by atoms with E-state index in [1.807, 2.05) is 0 Å². The largest absolute Gasteiger partial charge is 0.469 e. The van der Waals surface area contributed by atoms with Gasteiger partial charge in [0.05, 0.1) is 52.1 Å². The fourth-order valence-electron chi connectivity index (χ4n) is 7.67. The quantitative estimate of drug-likeness (QED) is 0.484. The van der Waals surface area contributed by atoms with Gasteiger partial charge in [-0.05, 0) is 61.2 Å². The molecular formula is C22H30O8. The summed E-state index contributed by atoms with van der Waals surface area (Å²) in [5, 5.41) is 0. The van der Waals surface area contributed by atoms with E-state index in [1.165, 1.54) is 28.4 Å². The highest BCUT2D eigenvalue weighted by atomic mass is 16.5. The van der Waals surface area contributed by atoms with Crippen LogP contribution in [0.25, 0.3) is 0 Å². The van der Waals surface area contributed by atoms with Crippen molar-refractivity contribution in [2.45, 2.75) is 25.7 Å². The Labute approximate surface area is 175 Å². The molecule has 166 valence electrons. The van der Waals surface area contributed by atoms with Crippen LogP contribution in [-0.4, -0.2) is 52.3 Å². The summed E-state index contributed by atoms with van der Waals surface area (Å²) in [5.41, 5.74) is 0. The molecule has 0 spiro atoms. The SMILES string of the molecule is COC(=O)C1C2CC(C3CC4CC3C(C(=O)OC)[C@@H]4C(=O)OC)C(C2)C1C(=O)OC. The van der Waals surface area contributed by atoms with Crippen molar-refractivity contribution in [2.24, 2.45) is 59.2 Å². The molecule has 4 rings (SSSR count). The predicted octanol–water partition coefficient (Wildman–Crippen LogP) is 1.46. The maximum atomic E-state index is 12.6. The molecule has 10 atom stereocenters. The van der Waals surface area contributed by atoms with Crippen LogP contribution < -0.4 is 0 Å². The molecular weight excluding hydrogens is 392 g/mol. The maximum Gasteiger partial charge on any atom is 0.309 e. The van der Waals surface area contributed by atoms with Crippen LogP contribution in [0.5, 0.6) is 0 Å². The van der Waals surface area contributed by atoms with Gasteiger partial charge >= 0.3 is 23.9 Å². The Bertz CT molecular complexity index is 685. The lowest BCUT2D eigenvalue weighted by Crippen LogP contribution is -2.45. The average Bonchev–Trinajstić information content (AvgIpc) is 3.53. The highest BCUT2D eigenvalue weighted by Gasteiger charge is 2.65. The second-order valence-electron chi connectivity index (χ2n) is 9.31. The number of rotatable bonds is 5. The van der Waals surface area contributed by atoms with Crippen molar-refractivity contribution in [2.75, 3.05) is 28.4 Å². The zero-order valence-corrected chi connectivity index (χ0v) is 17.9. The molecule has 8 nitrogen and oxygen atoms in total. The van der Waals surface area contributed by atoms with E-state index < -0.39 is 23.7 Å². The third-order valence-corrected chi connectivity index (χ3v) is 8.55. The minimum absolute atomic E-state index is 0.0331. The van der Waals surface area contributed by atoms with Gasteiger partial charge in [-0.25, -0.2) is 0 Å². The second kappa shape index (κ2) is 7.85. The van der Waals surface area contributed by atoms with Crippen LogP contribution in [0.1, 0.15) is 25.7 Å². The van der Waals surface area contributed by atoms with E-state index in [-0.39, 0.29) is 59.4 Å². The smallest absolute Gasteiger partial charge is 0.309 e. The molecule has 30 heavy (non-hydrogen) atoms. The molecule has 4 aliphatic carbocycles. The molecule has 8 heteroatoms. The van der Waals surface area contributed by atoms with Gasteiger partial charge in [-0.3, -0.25) is 19.2 Å². The van der Waals surface area contributed by atoms with Crippen molar-refractivity contribution in [1.29, 1.82) is 0 Å². The van der Waals surface area contributed by atoms with E-state index in [4.69, 9.17) is 18.9 Å². The molecule has 0 N–H and O–H groups in total. The zero-order valence-electron chi connectivity index (χ0n) is 17.9. The summed E-state index contributed by atoms with van der Waals surface area (Å²) in [5.74, 6) is -2.64. The first kappa shape index (κ1) is 21.1. The van der Waals surface area contributed by atoms with Crippen LogP contribution in [0.15, 0.2) is 0 Å². The molecule has 4 bridgehead atoms. The predicted molar refractivity (Wildman–Crippen MR) is 101 cm³/mol. The summed E-state index contributed by atoms with van der Waals surface area (Å²) in [7, 11) is 5.40. The topological polar surface area (TPSA) is 105 Å². The molecule has 4 aliphatic rings. The van der Waals surface area contributed by atoms with Crippen LogP contribution in [-0.2, 0) is 38.1 Å². The van der Waals surface area contributed by atoms with Crippen molar-refractivity contribution in [1.82, 2.24) is 0 Å². The molecule has 0 aromatic carbocycles. The summed E-state index contributed by atoms with van der Waals surface area (Å²) in [6, 6.07) is 0. The second-order valence-corrected chi connectivity index (χ2v) is 9.31. The fraction of sp³-hybridized carbons (Fsp3) is 0.818. The van der Waals surface area contributed by atoms with E-state index in [0.717, 1.165) is 25.7 Å². The standard InChI is InChI=1S/C22H30O8/c1-27-19(23)15-9-5-11(13(7-9)17(15)21(25)29-3)12-6-10-8-14(12)18(22(26)30-4)16(10)20(24)28-2/h9-18H,5-8H2,1-4H3/t9?,10?,11?,12?,13?,14?,15-,16?,17?,18?/m1/s1. The van der Waals surface area contributed by atoms with E-state index in [9.17, 15) is 19.2 Å². The number of carbonyl (C=O) groups is 4. The fourth-order valence-corrected chi connectivity index (χ4v) is 7.67. The molecule has 4 saturated carbocycles. The lowest BCUT2D eigenvalue weighted by molar-refractivity contribution is -0.164. The molecule has 0 saturated heterocycles. The first-order valence-electron chi connectivity index (χ1n) is 10.7. The molecule has 4 fully saturated rings. The van der Waals surface area contributed by atoms with Crippen LogP contribution in [0, 0.1) is 59.2 Å². The maximum absolute atomic E-state index is 12.6. The molecule has 0 heterocycles. The lowest BCUT2D eigenvalue weighted by atomic mass is 9.62. The van der Waals surface area contributed by atoms with Crippen LogP contribution in [0.2, 0.25) is 0 Å². The van der Waals surface area contributed by atoms with Crippen LogP contribution in [0.4, 0.5) is 0 Å². The first-order valence-corrected chi connectivity index (χ1v) is 10.7. The van der Waals surface area contributed by atoms with Crippen molar-refractivity contribution in [3.05, 3.63) is 0 Å². The highest BCUT2D eigenvalue weighted by Crippen LogP contribution is 2.65. The normalized spacial score (nSPS) is 43.3. The van der Waals surface area contributed by atoms with Crippen LogP contribution in [0.3, 0.4) is 0 Å². The van der Waals surface area contributed by atoms with Gasteiger partial charge in [0.15, 0.2) is 0 Å². The summed E-state index contributed by atoms with van der Waals surface area (Å²) < 4.78 is 20.0. The number of methoxy groups -OCH3 is 4. The van der Waals surface area contributed by atoms with Gasteiger partial charge in [0.25, 0.3) is 0 Å². The Morgan fingerprint density at radius 3 is 1.03 bits per heavy atom. The van der Waals surface area contributed by atoms with Crippen LogP contribution >= 0.6 is 0 Å². The minimum atomic E-state index is -0.502. The van der Waals surface area contributed by atoms with Crippen molar-refractivity contribution in [3.63, 3.8) is 0 Å². The Balaban J connectivity index is 1.59. The van der Waals surface area contributed by atoms with E-state index in [0.29, 0.717) is 0 Å². The monoisotopic (exact) mass is 422 g/mol. The first-order chi connectivity index (χ1) is 14.4. The van der Waals surface area contributed by atoms with E-state index in [1.54, 1.807) is 0 Å². The van der Waals surface area contributed by atoms with Gasteiger partial charge in [0.1, 0.15) is 0 Å². The third-order valence-electron chi connectivity index (χ3n) is 8.55. The Kier molecular flexibility index (Phi) is 5.53. The van der Waals surface area contributed by atoms with Crippen molar-refractivity contribution >= 4 is 23.9 Å². The summed E-state index contributed by atoms with van der Waals surface area (Å²) >= 11 is 0. The minimum Gasteiger partial charge on any atom is -0.469 e. The van der Waals surface area contributed by atoms with Gasteiger partial charge < -0.3 is 18.9 Å². The summed E-state index contributed by atoms with van der Waals surface area (Å²) in [6.45, 7) is 0. The highest BCUT2D eigenvalue weighted by molar-refractivity contribution is 5.84.